The molecule has 3 aromatic rings. The topological polar surface area (TPSA) is 180 Å². The molecule has 144 valence electrons. The smallest absolute Gasteiger partial charge is 0.248 e. The number of nitrogens with two attached hydrogens (primary N) is 4. The van der Waals surface area contributed by atoms with Crippen LogP contribution in [0.4, 0.5) is 17.3 Å². The molecule has 0 bridgehead atoms. The maximum atomic E-state index is 6.04. The number of aliphatic imine (C=N–C) groups is 1. The zero-order chi connectivity index (χ0) is 19.9. The summed E-state index contributed by atoms with van der Waals surface area (Å²) in [6, 6.07) is 11.2. The number of nitrogen functional groups attached to an aromatic ring is 3. The van der Waals surface area contributed by atoms with Crippen LogP contribution in [0.3, 0.4) is 0 Å². The van der Waals surface area contributed by atoms with Crippen molar-refractivity contribution in [3.8, 4) is 11.4 Å². The van der Waals surface area contributed by atoms with E-state index in [9.17, 15) is 0 Å². The van der Waals surface area contributed by atoms with Crippen molar-refractivity contribution in [2.24, 2.45) is 16.6 Å². The SMILES string of the molecule is NC=C(C=NCc1nc(-c2ccccc2)no1)Cc1cc(N)nc(NN)c1N. The Labute approximate surface area is 161 Å². The lowest BCUT2D eigenvalue weighted by atomic mass is 10.1. The van der Waals surface area contributed by atoms with Gasteiger partial charge in [-0.25, -0.2) is 10.8 Å². The minimum atomic E-state index is 0.223. The maximum Gasteiger partial charge on any atom is 0.248 e. The van der Waals surface area contributed by atoms with Gasteiger partial charge >= 0.3 is 0 Å². The lowest BCUT2D eigenvalue weighted by Gasteiger charge is -2.11. The van der Waals surface area contributed by atoms with Gasteiger partial charge in [-0.1, -0.05) is 35.5 Å². The lowest BCUT2D eigenvalue weighted by molar-refractivity contribution is 0.381. The number of pyridine rings is 1. The van der Waals surface area contributed by atoms with Crippen LogP contribution in [0.2, 0.25) is 0 Å². The van der Waals surface area contributed by atoms with Gasteiger partial charge in [0.15, 0.2) is 5.82 Å². The molecule has 0 aliphatic rings. The molecule has 0 amide bonds. The van der Waals surface area contributed by atoms with Crippen LogP contribution in [0, 0.1) is 0 Å². The normalized spacial score (nSPS) is 11.8. The first kappa shape index (κ1) is 18.9. The third-order valence-corrected chi connectivity index (χ3v) is 3.89. The highest BCUT2D eigenvalue weighted by Gasteiger charge is 2.10. The van der Waals surface area contributed by atoms with E-state index in [1.54, 1.807) is 12.3 Å². The van der Waals surface area contributed by atoms with Crippen LogP contribution in [0.1, 0.15) is 11.5 Å². The van der Waals surface area contributed by atoms with Gasteiger partial charge in [0, 0.05) is 18.2 Å². The third-order valence-electron chi connectivity index (χ3n) is 3.89. The van der Waals surface area contributed by atoms with E-state index in [1.807, 2.05) is 30.3 Å². The Morgan fingerprint density at radius 2 is 1.96 bits per heavy atom. The van der Waals surface area contributed by atoms with E-state index >= 15 is 0 Å². The molecule has 0 aliphatic heterocycles. The van der Waals surface area contributed by atoms with Gasteiger partial charge in [0.25, 0.3) is 0 Å². The molecule has 0 atom stereocenters. The van der Waals surface area contributed by atoms with Gasteiger partial charge < -0.3 is 27.1 Å². The van der Waals surface area contributed by atoms with Crippen LogP contribution < -0.4 is 28.5 Å². The summed E-state index contributed by atoms with van der Waals surface area (Å²) in [7, 11) is 0. The number of hydrogen-bond acceptors (Lipinski definition) is 10. The Hall–Kier alpha value is -3.92. The van der Waals surface area contributed by atoms with Crippen molar-refractivity contribution in [2.45, 2.75) is 13.0 Å². The second-order valence-corrected chi connectivity index (χ2v) is 5.88. The van der Waals surface area contributed by atoms with Crippen LogP contribution in [-0.4, -0.2) is 21.3 Å². The van der Waals surface area contributed by atoms with E-state index in [-0.39, 0.29) is 6.54 Å². The van der Waals surface area contributed by atoms with Crippen molar-refractivity contribution >= 4 is 23.5 Å². The molecule has 2 heterocycles. The maximum absolute atomic E-state index is 6.04. The van der Waals surface area contributed by atoms with Gasteiger partial charge in [-0.2, -0.15) is 4.98 Å². The Morgan fingerprint density at radius 3 is 2.68 bits per heavy atom. The molecule has 0 radical (unpaired) electrons. The molecule has 0 aliphatic carbocycles. The van der Waals surface area contributed by atoms with Crippen molar-refractivity contribution in [1.29, 1.82) is 0 Å². The average Bonchev–Trinajstić information content (AvgIpc) is 3.19. The summed E-state index contributed by atoms with van der Waals surface area (Å²) in [5, 5.41) is 3.96. The molecule has 0 fully saturated rings. The van der Waals surface area contributed by atoms with Crippen molar-refractivity contribution < 1.29 is 4.52 Å². The highest BCUT2D eigenvalue weighted by atomic mass is 16.5. The minimum Gasteiger partial charge on any atom is -0.404 e. The van der Waals surface area contributed by atoms with Gasteiger partial charge in [0.05, 0.1) is 5.69 Å². The number of rotatable bonds is 7. The zero-order valence-electron chi connectivity index (χ0n) is 15.0. The quantitative estimate of drug-likeness (QED) is 0.229. The second kappa shape index (κ2) is 8.64. The first-order valence-electron chi connectivity index (χ1n) is 8.40. The Bertz CT molecular complexity index is 996. The van der Waals surface area contributed by atoms with E-state index in [0.29, 0.717) is 35.5 Å². The number of nitrogens with one attached hydrogen (secondary N) is 1. The molecule has 0 spiro atoms. The predicted molar refractivity (Wildman–Crippen MR) is 109 cm³/mol. The van der Waals surface area contributed by atoms with Crippen LogP contribution in [0.25, 0.3) is 11.4 Å². The summed E-state index contributed by atoms with van der Waals surface area (Å²) in [4.78, 5) is 12.7. The number of aromatic nitrogens is 3. The molecule has 9 N–H and O–H groups in total. The highest BCUT2D eigenvalue weighted by molar-refractivity contribution is 5.80. The number of nitrogens with zero attached hydrogens (tertiary/aromatic N) is 4. The fraction of sp³-hybridized carbons (Fsp3) is 0.111. The summed E-state index contributed by atoms with van der Waals surface area (Å²) in [6.45, 7) is 0.223. The first-order chi connectivity index (χ1) is 13.6. The first-order valence-corrected chi connectivity index (χ1v) is 8.40. The lowest BCUT2D eigenvalue weighted by Crippen LogP contribution is -2.14. The molecule has 3 rings (SSSR count). The van der Waals surface area contributed by atoms with Crippen molar-refractivity contribution in [3.63, 3.8) is 0 Å². The minimum absolute atomic E-state index is 0.223. The zero-order valence-corrected chi connectivity index (χ0v) is 15.0. The summed E-state index contributed by atoms with van der Waals surface area (Å²) < 4.78 is 5.23. The van der Waals surface area contributed by atoms with Crippen molar-refractivity contribution in [3.05, 3.63) is 59.6 Å². The molecular formula is C18H21N9O. The van der Waals surface area contributed by atoms with Crippen LogP contribution in [0.15, 0.2) is 57.7 Å². The Balaban J connectivity index is 1.67. The van der Waals surface area contributed by atoms with Crippen LogP contribution >= 0.6 is 0 Å². The fourth-order valence-corrected chi connectivity index (χ4v) is 2.52. The number of hydrogen-bond donors (Lipinski definition) is 5. The molecular weight excluding hydrogens is 358 g/mol. The highest BCUT2D eigenvalue weighted by Crippen LogP contribution is 2.24. The Morgan fingerprint density at radius 1 is 1.18 bits per heavy atom. The number of allylic oxidation sites excluding steroid dienone is 1. The van der Waals surface area contributed by atoms with E-state index in [1.165, 1.54) is 6.20 Å². The average molecular weight is 379 g/mol. The van der Waals surface area contributed by atoms with Gasteiger partial charge in [-0.3, -0.25) is 4.99 Å². The number of benzene rings is 1. The van der Waals surface area contributed by atoms with Crippen molar-refractivity contribution in [2.75, 3.05) is 16.9 Å². The van der Waals surface area contributed by atoms with E-state index < -0.39 is 0 Å². The van der Waals surface area contributed by atoms with Gasteiger partial charge in [0.2, 0.25) is 11.7 Å². The fourth-order valence-electron chi connectivity index (χ4n) is 2.52. The molecule has 28 heavy (non-hydrogen) atoms. The standard InChI is InChI=1S/C18H21N9O/c19-8-11(6-13-7-14(20)24-18(26-22)16(13)21)9-23-10-15-25-17(27-28-15)12-4-2-1-3-5-12/h1-5,7-9H,6,10,19,21-22H2,(H3,20,24,26). The molecule has 0 unspecified atom stereocenters. The molecule has 2 aromatic heterocycles. The summed E-state index contributed by atoms with van der Waals surface area (Å²) in [5.41, 5.74) is 22.7. The number of hydrazine groups is 1. The second-order valence-electron chi connectivity index (χ2n) is 5.88. The van der Waals surface area contributed by atoms with E-state index in [2.05, 4.69) is 25.5 Å². The molecule has 10 nitrogen and oxygen atoms in total. The van der Waals surface area contributed by atoms with Crippen LogP contribution in [-0.2, 0) is 13.0 Å². The van der Waals surface area contributed by atoms with Gasteiger partial charge in [0.1, 0.15) is 12.4 Å². The van der Waals surface area contributed by atoms with Gasteiger partial charge in [-0.05, 0) is 23.4 Å². The Kier molecular flexibility index (Phi) is 5.82. The number of anilines is 3. The molecule has 0 saturated heterocycles. The monoisotopic (exact) mass is 379 g/mol. The summed E-state index contributed by atoms with van der Waals surface area (Å²) in [6.07, 6.45) is 3.47. The molecule has 10 heteroatoms. The predicted octanol–water partition coefficient (Wildman–Crippen LogP) is 1.24. The molecule has 1 aromatic carbocycles. The summed E-state index contributed by atoms with van der Waals surface area (Å²) in [5.74, 6) is 6.92. The van der Waals surface area contributed by atoms with Crippen molar-refractivity contribution in [1.82, 2.24) is 15.1 Å². The third kappa shape index (κ3) is 4.43. The summed E-state index contributed by atoms with van der Waals surface area (Å²) >= 11 is 0. The van der Waals surface area contributed by atoms with E-state index in [4.69, 9.17) is 27.6 Å². The largest absolute Gasteiger partial charge is 0.404 e. The van der Waals surface area contributed by atoms with E-state index in [0.717, 1.165) is 16.7 Å². The van der Waals surface area contributed by atoms with Crippen LogP contribution in [0.5, 0.6) is 0 Å². The van der Waals surface area contributed by atoms with Gasteiger partial charge in [-0.15, -0.1) is 0 Å². The molecule has 0 saturated carbocycles.